The van der Waals surface area contributed by atoms with Gasteiger partial charge in [0.25, 0.3) is 11.5 Å². The topological polar surface area (TPSA) is 73.7 Å². The van der Waals surface area contributed by atoms with Crippen molar-refractivity contribution in [1.82, 2.24) is 14.5 Å². The third-order valence-electron chi connectivity index (χ3n) is 6.00. The van der Waals surface area contributed by atoms with Crippen molar-refractivity contribution < 1.29 is 14.3 Å². The lowest BCUT2D eigenvalue weighted by atomic mass is 10.0. The van der Waals surface area contributed by atoms with Crippen molar-refractivity contribution in [3.8, 4) is 5.75 Å². The Bertz CT molecular complexity index is 1170. The summed E-state index contributed by atoms with van der Waals surface area (Å²) in [6, 6.07) is 14.2. The molecule has 0 saturated carbocycles. The molecular formula is C27H35N3O4. The monoisotopic (exact) mass is 465 g/mol. The number of ether oxygens (including phenoxy) is 2. The van der Waals surface area contributed by atoms with Crippen LogP contribution < -0.4 is 10.3 Å². The number of para-hydroxylation sites is 1. The van der Waals surface area contributed by atoms with Crippen LogP contribution in [0, 0.1) is 5.92 Å². The van der Waals surface area contributed by atoms with Crippen LogP contribution in [-0.4, -0.2) is 47.7 Å². The van der Waals surface area contributed by atoms with E-state index in [1.54, 1.807) is 37.0 Å². The molecule has 0 aliphatic rings. The van der Waals surface area contributed by atoms with Crippen LogP contribution in [0.1, 0.15) is 55.8 Å². The van der Waals surface area contributed by atoms with E-state index < -0.39 is 0 Å². The normalized spacial score (nSPS) is 12.2. The predicted octanol–water partition coefficient (Wildman–Crippen LogP) is 4.69. The SMILES string of the molecule is CCC(c1nc2ccccc2c(=O)n1CCOC)N(CCC(C)C)C(=O)c1cccc(OC)c1. The van der Waals surface area contributed by atoms with Crippen LogP contribution in [-0.2, 0) is 11.3 Å². The van der Waals surface area contributed by atoms with Crippen molar-refractivity contribution in [2.45, 2.75) is 46.2 Å². The van der Waals surface area contributed by atoms with Crippen molar-refractivity contribution in [2.75, 3.05) is 27.4 Å². The Balaban J connectivity index is 2.15. The largest absolute Gasteiger partial charge is 0.497 e. The molecule has 0 aliphatic carbocycles. The third-order valence-corrected chi connectivity index (χ3v) is 6.00. The lowest BCUT2D eigenvalue weighted by Gasteiger charge is -2.33. The zero-order chi connectivity index (χ0) is 24.7. The summed E-state index contributed by atoms with van der Waals surface area (Å²) in [5.41, 5.74) is 1.06. The van der Waals surface area contributed by atoms with Gasteiger partial charge < -0.3 is 14.4 Å². The van der Waals surface area contributed by atoms with E-state index in [4.69, 9.17) is 14.5 Å². The highest BCUT2D eigenvalue weighted by atomic mass is 16.5. The average molecular weight is 466 g/mol. The Morgan fingerprint density at radius 3 is 2.56 bits per heavy atom. The molecule has 1 unspecified atom stereocenters. The van der Waals surface area contributed by atoms with E-state index in [1.165, 1.54) is 0 Å². The van der Waals surface area contributed by atoms with E-state index in [0.29, 0.717) is 60.1 Å². The quantitative estimate of drug-likeness (QED) is 0.411. The number of carbonyl (C=O) groups excluding carboxylic acids is 1. The van der Waals surface area contributed by atoms with Crippen LogP contribution in [0.5, 0.6) is 5.75 Å². The van der Waals surface area contributed by atoms with E-state index >= 15 is 0 Å². The first-order chi connectivity index (χ1) is 16.4. The molecule has 2 aromatic carbocycles. The van der Waals surface area contributed by atoms with Gasteiger partial charge in [0.1, 0.15) is 11.6 Å². The van der Waals surface area contributed by atoms with Gasteiger partial charge in [-0.1, -0.05) is 39.0 Å². The van der Waals surface area contributed by atoms with Gasteiger partial charge in [-0.25, -0.2) is 4.98 Å². The minimum absolute atomic E-state index is 0.105. The summed E-state index contributed by atoms with van der Waals surface area (Å²) in [6.45, 7) is 7.59. The van der Waals surface area contributed by atoms with Crippen molar-refractivity contribution in [2.24, 2.45) is 5.92 Å². The fraction of sp³-hybridized carbons (Fsp3) is 0.444. The number of aromatic nitrogens is 2. The Labute approximate surface area is 201 Å². The first-order valence-electron chi connectivity index (χ1n) is 11.8. The molecule has 34 heavy (non-hydrogen) atoms. The molecule has 0 radical (unpaired) electrons. The molecule has 0 N–H and O–H groups in total. The maximum absolute atomic E-state index is 13.8. The van der Waals surface area contributed by atoms with E-state index in [9.17, 15) is 9.59 Å². The molecule has 0 saturated heterocycles. The highest BCUT2D eigenvalue weighted by Crippen LogP contribution is 2.27. The summed E-state index contributed by atoms with van der Waals surface area (Å²) in [7, 11) is 3.19. The van der Waals surface area contributed by atoms with Crippen LogP contribution >= 0.6 is 0 Å². The summed E-state index contributed by atoms with van der Waals surface area (Å²) >= 11 is 0. The molecule has 1 aromatic heterocycles. The Kier molecular flexibility index (Phi) is 8.82. The lowest BCUT2D eigenvalue weighted by Crippen LogP contribution is -2.40. The van der Waals surface area contributed by atoms with Gasteiger partial charge in [-0.3, -0.25) is 14.2 Å². The van der Waals surface area contributed by atoms with Gasteiger partial charge >= 0.3 is 0 Å². The van der Waals surface area contributed by atoms with E-state index in [1.807, 2.05) is 42.2 Å². The average Bonchev–Trinajstić information content (AvgIpc) is 2.85. The van der Waals surface area contributed by atoms with Crippen LogP contribution in [0.3, 0.4) is 0 Å². The van der Waals surface area contributed by atoms with Gasteiger partial charge in [0, 0.05) is 19.2 Å². The summed E-state index contributed by atoms with van der Waals surface area (Å²) in [5, 5.41) is 0.560. The minimum Gasteiger partial charge on any atom is -0.497 e. The summed E-state index contributed by atoms with van der Waals surface area (Å²) in [5.74, 6) is 1.53. The number of fused-ring (bicyclic) bond motifs is 1. The van der Waals surface area contributed by atoms with Crippen LogP contribution in [0.25, 0.3) is 10.9 Å². The molecule has 7 heteroatoms. The maximum Gasteiger partial charge on any atom is 0.261 e. The van der Waals surface area contributed by atoms with Crippen LogP contribution in [0.15, 0.2) is 53.3 Å². The van der Waals surface area contributed by atoms with Gasteiger partial charge in [0.2, 0.25) is 0 Å². The molecule has 0 fully saturated rings. The van der Waals surface area contributed by atoms with E-state index in [-0.39, 0.29) is 17.5 Å². The molecule has 1 atom stereocenters. The highest BCUT2D eigenvalue weighted by Gasteiger charge is 2.29. The second-order valence-corrected chi connectivity index (χ2v) is 8.77. The zero-order valence-corrected chi connectivity index (χ0v) is 20.8. The molecule has 3 rings (SSSR count). The summed E-state index contributed by atoms with van der Waals surface area (Å²) < 4.78 is 12.3. The van der Waals surface area contributed by atoms with Gasteiger partial charge in [-0.05, 0) is 49.1 Å². The predicted molar refractivity (Wildman–Crippen MR) is 134 cm³/mol. The first kappa shape index (κ1) is 25.4. The fourth-order valence-corrected chi connectivity index (χ4v) is 4.10. The van der Waals surface area contributed by atoms with Crippen molar-refractivity contribution in [3.63, 3.8) is 0 Å². The second-order valence-electron chi connectivity index (χ2n) is 8.77. The summed E-state index contributed by atoms with van der Waals surface area (Å²) in [6.07, 6.45) is 1.45. The lowest BCUT2D eigenvalue weighted by molar-refractivity contribution is 0.0643. The molecule has 3 aromatic rings. The minimum atomic E-state index is -0.369. The highest BCUT2D eigenvalue weighted by molar-refractivity contribution is 5.95. The van der Waals surface area contributed by atoms with E-state index in [0.717, 1.165) is 6.42 Å². The number of rotatable bonds is 11. The Hall–Kier alpha value is -3.19. The Morgan fingerprint density at radius 1 is 1.12 bits per heavy atom. The van der Waals surface area contributed by atoms with Crippen LogP contribution in [0.2, 0.25) is 0 Å². The van der Waals surface area contributed by atoms with E-state index in [2.05, 4.69) is 13.8 Å². The first-order valence-corrected chi connectivity index (χ1v) is 11.8. The molecule has 7 nitrogen and oxygen atoms in total. The van der Waals surface area contributed by atoms with Crippen molar-refractivity contribution in [1.29, 1.82) is 0 Å². The fourth-order valence-electron chi connectivity index (χ4n) is 4.10. The van der Waals surface area contributed by atoms with Crippen molar-refractivity contribution in [3.05, 3.63) is 70.3 Å². The number of methoxy groups -OCH3 is 2. The number of amides is 1. The van der Waals surface area contributed by atoms with Crippen LogP contribution in [0.4, 0.5) is 0 Å². The number of nitrogens with zero attached hydrogens (tertiary/aromatic N) is 3. The molecule has 1 heterocycles. The molecular weight excluding hydrogens is 430 g/mol. The van der Waals surface area contributed by atoms with Gasteiger partial charge in [-0.15, -0.1) is 0 Å². The zero-order valence-electron chi connectivity index (χ0n) is 20.8. The van der Waals surface area contributed by atoms with Gasteiger partial charge in [-0.2, -0.15) is 0 Å². The number of carbonyl (C=O) groups is 1. The van der Waals surface area contributed by atoms with Gasteiger partial charge in [0.15, 0.2) is 0 Å². The maximum atomic E-state index is 13.8. The molecule has 0 aliphatic heterocycles. The molecule has 1 amide bonds. The van der Waals surface area contributed by atoms with Crippen molar-refractivity contribution >= 4 is 16.8 Å². The molecule has 182 valence electrons. The molecule has 0 bridgehead atoms. The standard InChI is InChI=1S/C27H35N3O4/c1-6-24(25-28-23-13-8-7-12-22(23)27(32)30(25)16-17-33-4)29(15-14-19(2)3)26(31)20-10-9-11-21(18-20)34-5/h7-13,18-19,24H,6,14-17H2,1-5H3. The van der Waals surface area contributed by atoms with Gasteiger partial charge in [0.05, 0.1) is 37.2 Å². The second kappa shape index (κ2) is 11.8. The number of benzene rings is 2. The number of hydrogen-bond acceptors (Lipinski definition) is 5. The third kappa shape index (κ3) is 5.65. The molecule has 0 spiro atoms. The smallest absolute Gasteiger partial charge is 0.261 e. The number of hydrogen-bond donors (Lipinski definition) is 0. The summed E-state index contributed by atoms with van der Waals surface area (Å²) in [4.78, 5) is 34.0. The Morgan fingerprint density at radius 2 is 1.88 bits per heavy atom.